The van der Waals surface area contributed by atoms with Crippen LogP contribution in [0.5, 0.6) is 11.5 Å². The second kappa shape index (κ2) is 14.9. The fourth-order valence-electron chi connectivity index (χ4n) is 4.65. The monoisotopic (exact) mass is 611 g/mol. The number of carbonyl (C=O) groups excluding carboxylic acids is 2. The zero-order valence-corrected chi connectivity index (χ0v) is 26.5. The van der Waals surface area contributed by atoms with Crippen LogP contribution in [0.1, 0.15) is 51.2 Å². The first kappa shape index (κ1) is 33.5. The first-order valence-corrected chi connectivity index (χ1v) is 15.5. The number of methoxy groups -OCH3 is 3. The standard InChI is InChI=1S/C33H41NO8S/c1-33(2,3)42-32(36)34(27-20-21-29(39-4)30(23-27)40-5)43(37,38)28-17-11-15-25(22-28)14-10-16-26(31(35)41-6)19-18-24-12-8-7-9-13-24/h7-9,11-13,15,17,20-23,26H,10,14,16,18-19H2,1-6H3. The van der Waals surface area contributed by atoms with Crippen LogP contribution >= 0.6 is 0 Å². The Morgan fingerprint density at radius 3 is 2.09 bits per heavy atom. The van der Waals surface area contributed by atoms with E-state index in [-0.39, 0.29) is 28.2 Å². The largest absolute Gasteiger partial charge is 0.493 e. The molecule has 0 aliphatic heterocycles. The molecule has 3 aromatic rings. The van der Waals surface area contributed by atoms with Gasteiger partial charge in [0, 0.05) is 6.07 Å². The zero-order chi connectivity index (χ0) is 31.6. The maximum atomic E-state index is 14.0. The number of anilines is 1. The molecule has 9 nitrogen and oxygen atoms in total. The number of aryl methyl sites for hydroxylation is 2. The van der Waals surface area contributed by atoms with Crippen LogP contribution in [0.25, 0.3) is 0 Å². The van der Waals surface area contributed by atoms with Gasteiger partial charge < -0.3 is 18.9 Å². The van der Waals surface area contributed by atoms with E-state index in [0.717, 1.165) is 17.5 Å². The van der Waals surface area contributed by atoms with Gasteiger partial charge in [-0.05, 0) is 88.3 Å². The van der Waals surface area contributed by atoms with Crippen molar-refractivity contribution in [3.63, 3.8) is 0 Å². The molecule has 1 atom stereocenters. The zero-order valence-electron chi connectivity index (χ0n) is 25.7. The summed E-state index contributed by atoms with van der Waals surface area (Å²) in [5.74, 6) is 0.105. The van der Waals surface area contributed by atoms with Gasteiger partial charge in [0.05, 0.1) is 37.8 Å². The summed E-state index contributed by atoms with van der Waals surface area (Å²) in [4.78, 5) is 25.7. The van der Waals surface area contributed by atoms with Gasteiger partial charge in [0.1, 0.15) is 5.60 Å². The van der Waals surface area contributed by atoms with Crippen LogP contribution in [0.4, 0.5) is 10.5 Å². The number of amides is 1. The number of hydrogen-bond donors (Lipinski definition) is 0. The van der Waals surface area contributed by atoms with Crippen molar-refractivity contribution in [1.82, 2.24) is 0 Å². The van der Waals surface area contributed by atoms with Gasteiger partial charge in [0.25, 0.3) is 10.0 Å². The van der Waals surface area contributed by atoms with Crippen LogP contribution in [0, 0.1) is 5.92 Å². The number of benzene rings is 3. The van der Waals surface area contributed by atoms with Crippen molar-refractivity contribution in [1.29, 1.82) is 0 Å². The molecule has 10 heteroatoms. The minimum absolute atomic E-state index is 0.0386. The summed E-state index contributed by atoms with van der Waals surface area (Å²) in [6.07, 6.45) is 2.12. The van der Waals surface area contributed by atoms with Crippen LogP contribution < -0.4 is 13.8 Å². The predicted octanol–water partition coefficient (Wildman–Crippen LogP) is 6.58. The highest BCUT2D eigenvalue weighted by Gasteiger charge is 2.35. The number of rotatable bonds is 13. The van der Waals surface area contributed by atoms with E-state index in [1.54, 1.807) is 32.9 Å². The molecule has 0 saturated heterocycles. The number of sulfonamides is 1. The molecule has 3 rings (SSSR count). The summed E-state index contributed by atoms with van der Waals surface area (Å²) < 4.78 is 49.8. The Morgan fingerprint density at radius 1 is 0.791 bits per heavy atom. The normalized spacial score (nSPS) is 12.2. The number of esters is 1. The van der Waals surface area contributed by atoms with Gasteiger partial charge >= 0.3 is 12.1 Å². The van der Waals surface area contributed by atoms with Crippen molar-refractivity contribution in [2.75, 3.05) is 25.6 Å². The van der Waals surface area contributed by atoms with Gasteiger partial charge in [0.15, 0.2) is 11.5 Å². The highest BCUT2D eigenvalue weighted by Crippen LogP contribution is 2.35. The van der Waals surface area contributed by atoms with Gasteiger partial charge in [-0.3, -0.25) is 4.79 Å². The van der Waals surface area contributed by atoms with E-state index in [2.05, 4.69) is 0 Å². The van der Waals surface area contributed by atoms with Gasteiger partial charge in [-0.2, -0.15) is 4.31 Å². The van der Waals surface area contributed by atoms with Crippen molar-refractivity contribution in [2.24, 2.45) is 5.92 Å². The summed E-state index contributed by atoms with van der Waals surface area (Å²) >= 11 is 0. The fourth-order valence-corrected chi connectivity index (χ4v) is 6.03. The molecule has 0 fully saturated rings. The van der Waals surface area contributed by atoms with E-state index in [0.29, 0.717) is 35.7 Å². The fraction of sp³-hybridized carbons (Fsp3) is 0.394. The SMILES string of the molecule is COC(=O)C(CCCc1cccc(S(=O)(=O)N(C(=O)OC(C)(C)C)c2ccc(OC)c(OC)c2)c1)CCc1ccccc1. The van der Waals surface area contributed by atoms with Crippen molar-refractivity contribution in [2.45, 2.75) is 63.4 Å². The molecular formula is C33H41NO8S. The molecule has 0 aliphatic rings. The molecule has 1 amide bonds. The van der Waals surface area contributed by atoms with E-state index in [1.807, 2.05) is 36.4 Å². The summed E-state index contributed by atoms with van der Waals surface area (Å²) in [6.45, 7) is 4.98. The summed E-state index contributed by atoms with van der Waals surface area (Å²) in [6, 6.07) is 20.8. The molecule has 43 heavy (non-hydrogen) atoms. The second-order valence-corrected chi connectivity index (χ2v) is 12.9. The van der Waals surface area contributed by atoms with E-state index >= 15 is 0 Å². The molecule has 3 aromatic carbocycles. The quantitative estimate of drug-likeness (QED) is 0.200. The van der Waals surface area contributed by atoms with Crippen molar-refractivity contribution >= 4 is 27.8 Å². The van der Waals surface area contributed by atoms with Crippen molar-refractivity contribution < 1.29 is 37.0 Å². The predicted molar refractivity (Wildman–Crippen MR) is 165 cm³/mol. The molecule has 0 bridgehead atoms. The highest BCUT2D eigenvalue weighted by atomic mass is 32.2. The third-order valence-corrected chi connectivity index (χ3v) is 8.46. The van der Waals surface area contributed by atoms with E-state index in [1.165, 1.54) is 45.6 Å². The molecule has 0 saturated carbocycles. The lowest BCUT2D eigenvalue weighted by Gasteiger charge is -2.27. The number of ether oxygens (including phenoxy) is 4. The minimum Gasteiger partial charge on any atom is -0.493 e. The van der Waals surface area contributed by atoms with Gasteiger partial charge in [-0.25, -0.2) is 13.2 Å². The molecule has 0 N–H and O–H groups in total. The summed E-state index contributed by atoms with van der Waals surface area (Å²) in [7, 11) is -0.132. The van der Waals surface area contributed by atoms with Crippen LogP contribution in [0.3, 0.4) is 0 Å². The first-order valence-electron chi connectivity index (χ1n) is 14.1. The molecule has 0 heterocycles. The lowest BCUT2D eigenvalue weighted by atomic mass is 9.93. The molecule has 0 radical (unpaired) electrons. The Labute approximate surface area is 254 Å². The van der Waals surface area contributed by atoms with E-state index in [4.69, 9.17) is 18.9 Å². The Hall–Kier alpha value is -4.05. The van der Waals surface area contributed by atoms with Gasteiger partial charge in [-0.15, -0.1) is 0 Å². The van der Waals surface area contributed by atoms with Crippen molar-refractivity contribution in [3.8, 4) is 11.5 Å². The van der Waals surface area contributed by atoms with Crippen LogP contribution in [-0.2, 0) is 37.1 Å². The van der Waals surface area contributed by atoms with Gasteiger partial charge in [-0.1, -0.05) is 42.5 Å². The number of nitrogens with zero attached hydrogens (tertiary/aromatic N) is 1. The summed E-state index contributed by atoms with van der Waals surface area (Å²) in [5, 5.41) is 0. The van der Waals surface area contributed by atoms with Crippen LogP contribution in [-0.4, -0.2) is 47.4 Å². The third-order valence-electron chi connectivity index (χ3n) is 6.77. The number of hydrogen-bond acceptors (Lipinski definition) is 8. The Kier molecular flexibility index (Phi) is 11.6. The molecular weight excluding hydrogens is 570 g/mol. The molecule has 0 aromatic heterocycles. The Bertz CT molecular complexity index is 1480. The van der Waals surface area contributed by atoms with Gasteiger partial charge in [0.2, 0.25) is 0 Å². The molecule has 0 spiro atoms. The maximum absolute atomic E-state index is 14.0. The average molecular weight is 612 g/mol. The Balaban J connectivity index is 1.84. The van der Waals surface area contributed by atoms with Crippen LogP contribution in [0.15, 0.2) is 77.7 Å². The summed E-state index contributed by atoms with van der Waals surface area (Å²) in [5.41, 5.74) is 0.999. The topological polar surface area (TPSA) is 108 Å². The first-order chi connectivity index (χ1) is 20.4. The van der Waals surface area contributed by atoms with E-state index < -0.39 is 21.7 Å². The van der Waals surface area contributed by atoms with E-state index in [9.17, 15) is 18.0 Å². The smallest absolute Gasteiger partial charge is 0.429 e. The Morgan fingerprint density at radius 2 is 1.47 bits per heavy atom. The third kappa shape index (κ3) is 9.22. The molecule has 0 aliphatic carbocycles. The second-order valence-electron chi connectivity index (χ2n) is 11.1. The van der Waals surface area contributed by atoms with Crippen molar-refractivity contribution in [3.05, 3.63) is 83.9 Å². The maximum Gasteiger partial charge on any atom is 0.429 e. The minimum atomic E-state index is -4.40. The average Bonchev–Trinajstić information content (AvgIpc) is 2.98. The molecule has 1 unspecified atom stereocenters. The number of carbonyl (C=O) groups is 2. The lowest BCUT2D eigenvalue weighted by Crippen LogP contribution is -2.41. The lowest BCUT2D eigenvalue weighted by molar-refractivity contribution is -0.145. The highest BCUT2D eigenvalue weighted by molar-refractivity contribution is 7.93. The molecule has 232 valence electrons. The van der Waals surface area contributed by atoms with Crippen LogP contribution in [0.2, 0.25) is 0 Å².